The highest BCUT2D eigenvalue weighted by molar-refractivity contribution is 7.22. The van der Waals surface area contributed by atoms with E-state index in [9.17, 15) is 28.1 Å². The molecule has 1 saturated carbocycles. The van der Waals surface area contributed by atoms with Gasteiger partial charge in [0.05, 0.1) is 15.9 Å². The summed E-state index contributed by atoms with van der Waals surface area (Å²) in [4.78, 5) is 31.3. The van der Waals surface area contributed by atoms with E-state index in [0.29, 0.717) is 30.4 Å². The second-order valence-corrected chi connectivity index (χ2v) is 9.53. The highest BCUT2D eigenvalue weighted by Crippen LogP contribution is 2.38. The Morgan fingerprint density at radius 3 is 2.39 bits per heavy atom. The number of anilines is 1. The van der Waals surface area contributed by atoms with Crippen LogP contribution in [0.2, 0.25) is 0 Å². The maximum Gasteiger partial charge on any atom is 0.416 e. The largest absolute Gasteiger partial charge is 0.416 e. The molecule has 7 nitrogen and oxygen atoms in total. The number of piperazine rings is 1. The number of rotatable bonds is 5. The molecular formula is C21H26ClF3N4O3S. The first-order chi connectivity index (χ1) is 15.2. The third-order valence-electron chi connectivity index (χ3n) is 6.44. The molecule has 1 saturated heterocycles. The molecule has 182 valence electrons. The number of benzene rings is 1. The molecule has 0 spiro atoms. The second-order valence-electron chi connectivity index (χ2n) is 8.55. The third-order valence-corrected chi connectivity index (χ3v) is 7.60. The first-order valence-electron chi connectivity index (χ1n) is 10.9. The van der Waals surface area contributed by atoms with Crippen molar-refractivity contribution in [2.45, 2.75) is 44.7 Å². The van der Waals surface area contributed by atoms with Gasteiger partial charge < -0.3 is 4.90 Å². The van der Waals surface area contributed by atoms with Crippen LogP contribution >= 0.6 is 23.7 Å². The van der Waals surface area contributed by atoms with E-state index in [2.05, 4.69) is 9.88 Å². The topological polar surface area (TPSA) is 79.6 Å². The van der Waals surface area contributed by atoms with Gasteiger partial charge in [-0.15, -0.1) is 12.4 Å². The first kappa shape index (κ1) is 25.6. The molecule has 0 amide bonds. The van der Waals surface area contributed by atoms with Crippen LogP contribution in [0.1, 0.15) is 44.1 Å². The van der Waals surface area contributed by atoms with Gasteiger partial charge in [-0.05, 0) is 24.9 Å². The maximum absolute atomic E-state index is 13.1. The molecule has 12 heteroatoms. The van der Waals surface area contributed by atoms with Crippen molar-refractivity contribution in [3.05, 3.63) is 38.2 Å². The average molecular weight is 507 g/mol. The number of nitro groups is 1. The minimum absolute atomic E-state index is 0. The first-order valence-corrected chi connectivity index (χ1v) is 11.7. The van der Waals surface area contributed by atoms with Crippen LogP contribution in [-0.4, -0.2) is 47.5 Å². The molecule has 33 heavy (non-hydrogen) atoms. The summed E-state index contributed by atoms with van der Waals surface area (Å²) in [6, 6.07) is 1.15. The number of non-ortho nitro benzene ring substituents is 1. The van der Waals surface area contributed by atoms with Crippen molar-refractivity contribution in [2.75, 3.05) is 37.6 Å². The van der Waals surface area contributed by atoms with Crippen LogP contribution in [0.25, 0.3) is 10.1 Å². The van der Waals surface area contributed by atoms with Gasteiger partial charge in [0.15, 0.2) is 5.13 Å². The zero-order valence-electron chi connectivity index (χ0n) is 18.0. The second kappa shape index (κ2) is 10.5. The van der Waals surface area contributed by atoms with E-state index in [0.717, 1.165) is 36.9 Å². The fourth-order valence-corrected chi connectivity index (χ4v) is 5.70. The van der Waals surface area contributed by atoms with Gasteiger partial charge in [0.2, 0.25) is 0 Å². The monoisotopic (exact) mass is 506 g/mol. The molecule has 2 aromatic rings. The van der Waals surface area contributed by atoms with E-state index in [1.165, 1.54) is 38.5 Å². The molecule has 0 bridgehead atoms. The van der Waals surface area contributed by atoms with Crippen molar-refractivity contribution < 1.29 is 18.1 Å². The lowest BCUT2D eigenvalue weighted by molar-refractivity contribution is -0.383. The van der Waals surface area contributed by atoms with Gasteiger partial charge in [-0.1, -0.05) is 43.4 Å². The van der Waals surface area contributed by atoms with Crippen molar-refractivity contribution in [3.8, 4) is 0 Å². The van der Waals surface area contributed by atoms with E-state index in [-0.39, 0.29) is 22.5 Å². The Kier molecular flexibility index (Phi) is 8.17. The normalized spacial score (nSPS) is 18.3. The van der Waals surface area contributed by atoms with Crippen molar-refractivity contribution in [3.63, 3.8) is 0 Å². The number of hydrogen-bond donors (Lipinski definition) is 0. The molecule has 1 aromatic carbocycles. The Labute approximate surface area is 199 Å². The molecule has 0 N–H and O–H groups in total. The van der Waals surface area contributed by atoms with Crippen LogP contribution in [0.4, 0.5) is 24.0 Å². The number of nitrogens with zero attached hydrogens (tertiary/aromatic N) is 4. The summed E-state index contributed by atoms with van der Waals surface area (Å²) in [6.07, 6.45) is 3.00. The zero-order valence-corrected chi connectivity index (χ0v) is 19.6. The fraction of sp³-hybridized carbons (Fsp3) is 0.619. The standard InChI is InChI=1S/C21H25F3N4O3S.ClH/c22-21(23,24)15-12-16-18(17(13-15)28(30)31)32-20(25-19(16)29)27-10-8-26(9-11-27)7-6-14-4-2-1-3-5-14;/h12-14H,1-11H2;1H. The van der Waals surface area contributed by atoms with Crippen molar-refractivity contribution in [1.82, 2.24) is 9.88 Å². The van der Waals surface area contributed by atoms with Gasteiger partial charge in [-0.25, -0.2) is 0 Å². The number of halogens is 4. The average Bonchev–Trinajstić information content (AvgIpc) is 2.77. The number of hydrogen-bond acceptors (Lipinski definition) is 7. The summed E-state index contributed by atoms with van der Waals surface area (Å²) in [5.41, 5.74) is -2.81. The van der Waals surface area contributed by atoms with Crippen LogP contribution in [0.5, 0.6) is 0 Å². The Balaban J connectivity index is 0.00000306. The highest BCUT2D eigenvalue weighted by Gasteiger charge is 2.34. The van der Waals surface area contributed by atoms with Gasteiger partial charge in [0.1, 0.15) is 4.70 Å². The van der Waals surface area contributed by atoms with Crippen LogP contribution < -0.4 is 10.5 Å². The van der Waals surface area contributed by atoms with Gasteiger partial charge >= 0.3 is 6.18 Å². The van der Waals surface area contributed by atoms with E-state index < -0.39 is 27.9 Å². The third kappa shape index (κ3) is 5.93. The van der Waals surface area contributed by atoms with E-state index in [1.54, 1.807) is 0 Å². The Bertz CT molecular complexity index is 1050. The van der Waals surface area contributed by atoms with Crippen LogP contribution in [0, 0.1) is 16.0 Å². The maximum atomic E-state index is 13.1. The summed E-state index contributed by atoms with van der Waals surface area (Å²) >= 11 is 0.906. The zero-order chi connectivity index (χ0) is 22.9. The molecule has 1 aliphatic carbocycles. The van der Waals surface area contributed by atoms with Crippen molar-refractivity contribution in [1.29, 1.82) is 0 Å². The summed E-state index contributed by atoms with van der Waals surface area (Å²) in [5, 5.41) is 11.4. The SMILES string of the molecule is Cl.O=c1nc(N2CCN(CCC3CCCCC3)CC2)sc2c([N+](=O)[O-])cc(C(F)(F)F)cc12. The van der Waals surface area contributed by atoms with Crippen LogP contribution in [0.3, 0.4) is 0 Å². The van der Waals surface area contributed by atoms with Gasteiger partial charge in [-0.2, -0.15) is 18.2 Å². The fourth-order valence-electron chi connectivity index (χ4n) is 4.58. The van der Waals surface area contributed by atoms with Gasteiger partial charge in [0.25, 0.3) is 11.2 Å². The van der Waals surface area contributed by atoms with Crippen molar-refractivity contribution >= 4 is 44.6 Å². The summed E-state index contributed by atoms with van der Waals surface area (Å²) in [7, 11) is 0. The molecule has 0 unspecified atom stereocenters. The number of nitro benzene ring substituents is 1. The quantitative estimate of drug-likeness (QED) is 0.415. The Morgan fingerprint density at radius 2 is 1.79 bits per heavy atom. The molecule has 2 aliphatic rings. The lowest BCUT2D eigenvalue weighted by Crippen LogP contribution is -2.47. The lowest BCUT2D eigenvalue weighted by atomic mass is 9.87. The van der Waals surface area contributed by atoms with E-state index in [4.69, 9.17) is 0 Å². The Hall–Kier alpha value is -1.98. The number of aromatic nitrogens is 1. The minimum atomic E-state index is -4.79. The highest BCUT2D eigenvalue weighted by atomic mass is 35.5. The molecule has 4 rings (SSSR count). The van der Waals surface area contributed by atoms with Crippen LogP contribution in [0.15, 0.2) is 16.9 Å². The molecular weight excluding hydrogens is 481 g/mol. The molecule has 2 heterocycles. The van der Waals surface area contributed by atoms with Crippen LogP contribution in [-0.2, 0) is 6.18 Å². The smallest absolute Gasteiger partial charge is 0.345 e. The van der Waals surface area contributed by atoms with E-state index in [1.807, 2.05) is 4.90 Å². The van der Waals surface area contributed by atoms with Gasteiger partial charge in [-0.3, -0.25) is 19.8 Å². The number of alkyl halides is 3. The molecule has 1 aromatic heterocycles. The minimum Gasteiger partial charge on any atom is -0.345 e. The summed E-state index contributed by atoms with van der Waals surface area (Å²) in [5.74, 6) is 0.802. The lowest BCUT2D eigenvalue weighted by Gasteiger charge is -2.35. The predicted octanol–water partition coefficient (Wildman–Crippen LogP) is 5.10. The summed E-state index contributed by atoms with van der Waals surface area (Å²) in [6.45, 7) is 3.86. The molecule has 2 fully saturated rings. The van der Waals surface area contributed by atoms with Gasteiger partial charge in [0, 0.05) is 32.2 Å². The molecule has 0 radical (unpaired) electrons. The van der Waals surface area contributed by atoms with E-state index >= 15 is 0 Å². The molecule has 1 aliphatic heterocycles. The number of fused-ring (bicyclic) bond motifs is 1. The Morgan fingerprint density at radius 1 is 1.12 bits per heavy atom. The van der Waals surface area contributed by atoms with Crippen molar-refractivity contribution in [2.24, 2.45) is 5.92 Å². The molecule has 0 atom stereocenters. The predicted molar refractivity (Wildman–Crippen MR) is 125 cm³/mol. The summed E-state index contributed by atoms with van der Waals surface area (Å²) < 4.78 is 39.3.